The van der Waals surface area contributed by atoms with Gasteiger partial charge < -0.3 is 14.7 Å². The maximum Gasteiger partial charge on any atom is 0.138 e. The van der Waals surface area contributed by atoms with E-state index in [-0.39, 0.29) is 0 Å². The van der Waals surface area contributed by atoms with Crippen LogP contribution in [-0.2, 0) is 6.54 Å². The zero-order chi connectivity index (χ0) is 12.3. The van der Waals surface area contributed by atoms with Crippen LogP contribution in [0.5, 0.6) is 0 Å². The van der Waals surface area contributed by atoms with Crippen LogP contribution in [0.25, 0.3) is 0 Å². The van der Waals surface area contributed by atoms with Gasteiger partial charge in [0.05, 0.1) is 5.69 Å². The van der Waals surface area contributed by atoms with Crippen molar-refractivity contribution in [2.45, 2.75) is 45.7 Å². The fourth-order valence-electron chi connectivity index (χ4n) is 2.44. The molecule has 0 aliphatic carbocycles. The first-order valence-electron chi connectivity index (χ1n) is 6.50. The molecule has 4 heteroatoms. The zero-order valence-electron chi connectivity index (χ0n) is 11.1. The Morgan fingerprint density at radius 3 is 2.88 bits per heavy atom. The molecule has 0 spiro atoms. The molecule has 2 rings (SSSR count). The average Bonchev–Trinajstić information content (AvgIpc) is 2.51. The normalized spacial score (nSPS) is 22.6. The molecule has 1 saturated heterocycles. The van der Waals surface area contributed by atoms with E-state index in [9.17, 15) is 0 Å². The molecule has 4 nitrogen and oxygen atoms in total. The van der Waals surface area contributed by atoms with Crippen molar-refractivity contribution in [2.24, 2.45) is 0 Å². The van der Waals surface area contributed by atoms with E-state index in [2.05, 4.69) is 22.4 Å². The Labute approximate surface area is 103 Å². The number of aryl methyl sites for hydroxylation is 2. The van der Waals surface area contributed by atoms with Crippen LogP contribution >= 0.6 is 0 Å². The highest BCUT2D eigenvalue weighted by Gasteiger charge is 2.16. The quantitative estimate of drug-likeness (QED) is 0.871. The number of likely N-dealkylation sites (tertiary alicyclic amines) is 1. The third-order valence-corrected chi connectivity index (χ3v) is 3.70. The summed E-state index contributed by atoms with van der Waals surface area (Å²) in [6.45, 7) is 7.30. The Bertz CT molecular complexity index is 342. The summed E-state index contributed by atoms with van der Waals surface area (Å²) in [5, 5.41) is 7.63. The first-order chi connectivity index (χ1) is 8.16. The number of nitrogens with zero attached hydrogens (tertiary/aromatic N) is 2. The third kappa shape index (κ3) is 3.30. The van der Waals surface area contributed by atoms with Crippen LogP contribution in [0.3, 0.4) is 0 Å². The first-order valence-corrected chi connectivity index (χ1v) is 6.50. The van der Waals surface area contributed by atoms with Gasteiger partial charge >= 0.3 is 0 Å². The number of rotatable bonds is 3. The molecule has 0 amide bonds. The molecule has 1 N–H and O–H groups in total. The highest BCUT2D eigenvalue weighted by atomic mass is 16.5. The predicted octanol–water partition coefficient (Wildman–Crippen LogP) is 1.87. The molecule has 0 aromatic carbocycles. The van der Waals surface area contributed by atoms with E-state index in [1.807, 2.05) is 13.8 Å². The van der Waals surface area contributed by atoms with Gasteiger partial charge in [-0.2, -0.15) is 0 Å². The molecule has 1 aromatic rings. The van der Waals surface area contributed by atoms with Gasteiger partial charge in [0.15, 0.2) is 0 Å². The summed E-state index contributed by atoms with van der Waals surface area (Å²) < 4.78 is 5.18. The molecule has 1 aliphatic heterocycles. The van der Waals surface area contributed by atoms with Gasteiger partial charge in [0.2, 0.25) is 0 Å². The summed E-state index contributed by atoms with van der Waals surface area (Å²) in [6.07, 6.45) is 3.79. The van der Waals surface area contributed by atoms with E-state index in [1.165, 1.54) is 37.9 Å². The largest absolute Gasteiger partial charge is 0.361 e. The summed E-state index contributed by atoms with van der Waals surface area (Å²) in [7, 11) is 2.21. The maximum absolute atomic E-state index is 5.18. The van der Waals surface area contributed by atoms with Crippen molar-refractivity contribution in [1.29, 1.82) is 0 Å². The van der Waals surface area contributed by atoms with Gasteiger partial charge in [-0.1, -0.05) is 5.16 Å². The van der Waals surface area contributed by atoms with Gasteiger partial charge in [-0.3, -0.25) is 0 Å². The minimum absolute atomic E-state index is 0.633. The molecular formula is C13H23N3O. The van der Waals surface area contributed by atoms with Crippen LogP contribution in [0, 0.1) is 13.8 Å². The van der Waals surface area contributed by atoms with Crippen LogP contribution in [0.4, 0.5) is 0 Å². The van der Waals surface area contributed by atoms with Gasteiger partial charge in [-0.15, -0.1) is 0 Å². The Hall–Kier alpha value is -0.870. The monoisotopic (exact) mass is 237 g/mol. The van der Waals surface area contributed by atoms with Crippen molar-refractivity contribution in [1.82, 2.24) is 15.4 Å². The number of aromatic nitrogens is 1. The molecule has 1 aliphatic rings. The zero-order valence-corrected chi connectivity index (χ0v) is 11.1. The molecule has 96 valence electrons. The summed E-state index contributed by atoms with van der Waals surface area (Å²) in [4.78, 5) is 2.41. The second-order valence-electron chi connectivity index (χ2n) is 5.11. The summed E-state index contributed by atoms with van der Waals surface area (Å²) in [5.41, 5.74) is 2.24. The topological polar surface area (TPSA) is 41.3 Å². The first kappa shape index (κ1) is 12.6. The highest BCUT2D eigenvalue weighted by Crippen LogP contribution is 2.14. The van der Waals surface area contributed by atoms with Crippen molar-refractivity contribution < 1.29 is 4.52 Å². The van der Waals surface area contributed by atoms with E-state index >= 15 is 0 Å². The second-order valence-corrected chi connectivity index (χ2v) is 5.11. The van der Waals surface area contributed by atoms with Gasteiger partial charge in [0.1, 0.15) is 5.76 Å². The molecule has 0 saturated carbocycles. The molecule has 1 atom stereocenters. The van der Waals surface area contributed by atoms with E-state index in [0.29, 0.717) is 6.04 Å². The minimum Gasteiger partial charge on any atom is -0.361 e. The lowest BCUT2D eigenvalue weighted by Gasteiger charge is -2.16. The van der Waals surface area contributed by atoms with Gasteiger partial charge in [0, 0.05) is 18.2 Å². The summed E-state index contributed by atoms with van der Waals surface area (Å²) in [6, 6.07) is 0.633. The van der Waals surface area contributed by atoms with Crippen LogP contribution < -0.4 is 5.32 Å². The smallest absolute Gasteiger partial charge is 0.138 e. The van der Waals surface area contributed by atoms with Crippen molar-refractivity contribution >= 4 is 0 Å². The standard InChI is InChI=1S/C13H23N3O/c1-10-13(11(2)17-15-10)9-14-12-5-4-7-16(3)8-6-12/h12,14H,4-9H2,1-3H3. The second kappa shape index (κ2) is 5.65. The molecule has 1 unspecified atom stereocenters. The van der Waals surface area contributed by atoms with Crippen LogP contribution in [0.15, 0.2) is 4.52 Å². The molecule has 17 heavy (non-hydrogen) atoms. The van der Waals surface area contributed by atoms with E-state index in [4.69, 9.17) is 4.52 Å². The third-order valence-electron chi connectivity index (χ3n) is 3.70. The predicted molar refractivity (Wildman–Crippen MR) is 68.0 cm³/mol. The lowest BCUT2D eigenvalue weighted by Crippen LogP contribution is -2.30. The highest BCUT2D eigenvalue weighted by molar-refractivity contribution is 5.20. The van der Waals surface area contributed by atoms with E-state index in [1.54, 1.807) is 0 Å². The molecule has 0 radical (unpaired) electrons. The Morgan fingerprint density at radius 1 is 1.35 bits per heavy atom. The lowest BCUT2D eigenvalue weighted by molar-refractivity contribution is 0.343. The van der Waals surface area contributed by atoms with E-state index < -0.39 is 0 Å². The van der Waals surface area contributed by atoms with Crippen LogP contribution in [-0.4, -0.2) is 36.2 Å². The maximum atomic E-state index is 5.18. The Balaban J connectivity index is 1.85. The van der Waals surface area contributed by atoms with E-state index in [0.717, 1.165) is 18.0 Å². The van der Waals surface area contributed by atoms with Crippen molar-refractivity contribution in [3.05, 3.63) is 17.0 Å². The van der Waals surface area contributed by atoms with Crippen LogP contribution in [0.1, 0.15) is 36.3 Å². The van der Waals surface area contributed by atoms with Gasteiger partial charge in [0.25, 0.3) is 0 Å². The van der Waals surface area contributed by atoms with Crippen molar-refractivity contribution in [2.75, 3.05) is 20.1 Å². The molecule has 0 bridgehead atoms. The lowest BCUT2D eigenvalue weighted by atomic mass is 10.1. The van der Waals surface area contributed by atoms with Crippen molar-refractivity contribution in [3.8, 4) is 0 Å². The molecule has 1 aromatic heterocycles. The average molecular weight is 237 g/mol. The Morgan fingerprint density at radius 2 is 2.18 bits per heavy atom. The Kier molecular flexibility index (Phi) is 4.18. The molecule has 2 heterocycles. The van der Waals surface area contributed by atoms with Crippen LogP contribution in [0.2, 0.25) is 0 Å². The molecular weight excluding hydrogens is 214 g/mol. The van der Waals surface area contributed by atoms with Gasteiger partial charge in [-0.25, -0.2) is 0 Å². The number of hydrogen-bond donors (Lipinski definition) is 1. The molecule has 1 fully saturated rings. The summed E-state index contributed by atoms with van der Waals surface area (Å²) >= 11 is 0. The summed E-state index contributed by atoms with van der Waals surface area (Å²) in [5.74, 6) is 0.945. The SMILES string of the molecule is Cc1noc(C)c1CNC1CCCN(C)CC1. The number of hydrogen-bond acceptors (Lipinski definition) is 4. The number of nitrogens with one attached hydrogen (secondary N) is 1. The fourth-order valence-corrected chi connectivity index (χ4v) is 2.44. The van der Waals surface area contributed by atoms with Crippen molar-refractivity contribution in [3.63, 3.8) is 0 Å². The minimum atomic E-state index is 0.633. The fraction of sp³-hybridized carbons (Fsp3) is 0.769. The van der Waals surface area contributed by atoms with Gasteiger partial charge in [-0.05, 0) is 53.2 Å².